The molecule has 1 aromatic heterocycles. The first-order valence-corrected chi connectivity index (χ1v) is 14.7. The molecule has 2 N–H and O–H groups in total. The SMILES string of the molecule is CCCCCCCC(=O)C(N1CCOCC1)N1CC(c2ccc(C(F)(F)F)cc2)CC(c2nc(NCCO)no2)C1. The minimum Gasteiger partial charge on any atom is -0.395 e. The second-order valence-electron chi connectivity index (χ2n) is 11.0. The van der Waals surface area contributed by atoms with Gasteiger partial charge in [-0.3, -0.25) is 14.6 Å². The minimum atomic E-state index is -4.41. The largest absolute Gasteiger partial charge is 0.416 e. The van der Waals surface area contributed by atoms with Crippen molar-refractivity contribution >= 4 is 11.7 Å². The lowest BCUT2D eigenvalue weighted by molar-refractivity contribution is -0.138. The number of aliphatic hydroxyl groups is 1. The highest BCUT2D eigenvalue weighted by Crippen LogP contribution is 2.38. The van der Waals surface area contributed by atoms with Gasteiger partial charge in [-0.1, -0.05) is 44.7 Å². The van der Waals surface area contributed by atoms with E-state index < -0.39 is 17.9 Å². The zero-order chi connectivity index (χ0) is 29.2. The first kappa shape index (κ1) is 31.4. The second kappa shape index (κ2) is 15.1. The van der Waals surface area contributed by atoms with Gasteiger partial charge >= 0.3 is 6.18 Å². The van der Waals surface area contributed by atoms with Gasteiger partial charge in [-0.15, -0.1) is 0 Å². The number of ketones is 1. The molecule has 0 amide bonds. The average molecular weight is 582 g/mol. The Balaban J connectivity index is 1.60. The van der Waals surface area contributed by atoms with Crippen LogP contribution in [0.1, 0.15) is 80.7 Å². The van der Waals surface area contributed by atoms with Crippen LogP contribution in [-0.2, 0) is 15.7 Å². The van der Waals surface area contributed by atoms with Gasteiger partial charge in [-0.25, -0.2) is 0 Å². The van der Waals surface area contributed by atoms with E-state index in [1.54, 1.807) is 0 Å². The van der Waals surface area contributed by atoms with Crippen molar-refractivity contribution in [2.75, 3.05) is 57.9 Å². The molecule has 2 aromatic rings. The number of aromatic nitrogens is 2. The number of alkyl halides is 3. The summed E-state index contributed by atoms with van der Waals surface area (Å²) in [6, 6.07) is 5.31. The van der Waals surface area contributed by atoms with Gasteiger partial charge in [-0.2, -0.15) is 18.2 Å². The maximum atomic E-state index is 13.8. The molecule has 2 aliphatic heterocycles. The summed E-state index contributed by atoms with van der Waals surface area (Å²) in [5.74, 6) is 0.461. The van der Waals surface area contributed by atoms with Crippen LogP contribution in [0.3, 0.4) is 0 Å². The molecule has 2 saturated heterocycles. The van der Waals surface area contributed by atoms with Gasteiger partial charge in [0.25, 0.3) is 5.95 Å². The van der Waals surface area contributed by atoms with Crippen molar-refractivity contribution in [2.45, 2.75) is 76.0 Å². The van der Waals surface area contributed by atoms with Crippen LogP contribution in [0.15, 0.2) is 28.8 Å². The summed E-state index contributed by atoms with van der Waals surface area (Å²) in [7, 11) is 0. The van der Waals surface area contributed by atoms with Crippen LogP contribution in [0.2, 0.25) is 0 Å². The molecule has 4 rings (SSSR count). The van der Waals surface area contributed by atoms with Gasteiger partial charge in [0, 0.05) is 39.1 Å². The lowest BCUT2D eigenvalue weighted by Crippen LogP contribution is -2.59. The topological polar surface area (TPSA) is 104 Å². The number of piperidine rings is 1. The van der Waals surface area contributed by atoms with E-state index in [9.17, 15) is 18.0 Å². The normalized spacial score (nSPS) is 21.6. The Labute approximate surface area is 239 Å². The maximum Gasteiger partial charge on any atom is 0.416 e. The number of likely N-dealkylation sites (tertiary alicyclic amines) is 1. The number of Topliss-reactive ketones (excluding diaryl/α,β-unsaturated/α-hetero) is 1. The van der Waals surface area contributed by atoms with E-state index in [-0.39, 0.29) is 36.7 Å². The van der Waals surface area contributed by atoms with Crippen LogP contribution in [0.5, 0.6) is 0 Å². The summed E-state index contributed by atoms with van der Waals surface area (Å²) < 4.78 is 50.9. The molecule has 12 heteroatoms. The molecule has 3 atom stereocenters. The molecule has 2 aliphatic rings. The summed E-state index contributed by atoms with van der Waals surface area (Å²) in [5, 5.41) is 16.0. The fourth-order valence-electron chi connectivity index (χ4n) is 5.83. The third-order valence-corrected chi connectivity index (χ3v) is 7.93. The molecule has 3 unspecified atom stereocenters. The smallest absolute Gasteiger partial charge is 0.395 e. The number of ether oxygens (including phenoxy) is 1. The predicted octanol–water partition coefficient (Wildman–Crippen LogP) is 4.65. The third-order valence-electron chi connectivity index (χ3n) is 7.93. The number of halogens is 3. The van der Waals surface area contributed by atoms with Crippen molar-refractivity contribution in [3.8, 4) is 0 Å². The van der Waals surface area contributed by atoms with Crippen LogP contribution in [0, 0.1) is 0 Å². The number of hydrogen-bond donors (Lipinski definition) is 2. The molecule has 3 heterocycles. The molecule has 9 nitrogen and oxygen atoms in total. The van der Waals surface area contributed by atoms with Crippen molar-refractivity contribution in [2.24, 2.45) is 0 Å². The Morgan fingerprint density at radius 3 is 2.46 bits per heavy atom. The van der Waals surface area contributed by atoms with E-state index in [1.807, 2.05) is 0 Å². The zero-order valence-corrected chi connectivity index (χ0v) is 23.7. The number of unbranched alkanes of at least 4 members (excludes halogenated alkanes) is 4. The number of carbonyl (C=O) groups excluding carboxylic acids is 1. The Kier molecular flexibility index (Phi) is 11.5. The van der Waals surface area contributed by atoms with E-state index in [2.05, 4.69) is 32.2 Å². The van der Waals surface area contributed by atoms with Crippen molar-refractivity contribution in [3.63, 3.8) is 0 Å². The fourth-order valence-corrected chi connectivity index (χ4v) is 5.83. The van der Waals surface area contributed by atoms with Crippen molar-refractivity contribution in [3.05, 3.63) is 41.3 Å². The fraction of sp³-hybridized carbons (Fsp3) is 0.690. The lowest BCUT2D eigenvalue weighted by atomic mass is 9.83. The Hall–Kier alpha value is -2.54. The van der Waals surface area contributed by atoms with Crippen molar-refractivity contribution < 1.29 is 32.3 Å². The highest BCUT2D eigenvalue weighted by atomic mass is 19.4. The number of hydrogen-bond acceptors (Lipinski definition) is 9. The first-order chi connectivity index (χ1) is 19.8. The molecule has 0 saturated carbocycles. The van der Waals surface area contributed by atoms with Gasteiger partial charge < -0.3 is 19.7 Å². The van der Waals surface area contributed by atoms with Crippen LogP contribution in [0.4, 0.5) is 19.1 Å². The monoisotopic (exact) mass is 581 g/mol. The molecular weight excluding hydrogens is 539 g/mol. The molecule has 0 bridgehead atoms. The maximum absolute atomic E-state index is 13.8. The molecule has 2 fully saturated rings. The molecule has 228 valence electrons. The van der Waals surface area contributed by atoms with Crippen LogP contribution < -0.4 is 5.32 Å². The minimum absolute atomic E-state index is 0.0845. The van der Waals surface area contributed by atoms with E-state index >= 15 is 0 Å². The number of nitrogens with zero attached hydrogens (tertiary/aromatic N) is 4. The van der Waals surface area contributed by atoms with Crippen LogP contribution in [0.25, 0.3) is 0 Å². The molecule has 0 aliphatic carbocycles. The number of carbonyl (C=O) groups is 1. The van der Waals surface area contributed by atoms with Gasteiger partial charge in [0.05, 0.1) is 31.3 Å². The van der Waals surface area contributed by atoms with E-state index in [0.717, 1.165) is 49.8 Å². The van der Waals surface area contributed by atoms with Gasteiger partial charge in [0.1, 0.15) is 6.17 Å². The summed E-state index contributed by atoms with van der Waals surface area (Å²) in [6.45, 7) is 5.73. The summed E-state index contributed by atoms with van der Waals surface area (Å²) in [4.78, 5) is 22.6. The third kappa shape index (κ3) is 8.73. The summed E-state index contributed by atoms with van der Waals surface area (Å²) in [5.41, 5.74) is 0.0880. The summed E-state index contributed by atoms with van der Waals surface area (Å²) >= 11 is 0. The Morgan fingerprint density at radius 2 is 1.78 bits per heavy atom. The molecule has 41 heavy (non-hydrogen) atoms. The number of aliphatic hydroxyl groups excluding tert-OH is 1. The highest BCUT2D eigenvalue weighted by Gasteiger charge is 2.40. The molecular formula is C29H42F3N5O4. The second-order valence-corrected chi connectivity index (χ2v) is 11.0. The summed E-state index contributed by atoms with van der Waals surface area (Å²) in [6.07, 6.45) is 1.45. The lowest BCUT2D eigenvalue weighted by Gasteiger charge is -2.45. The number of morpholine rings is 1. The van der Waals surface area contributed by atoms with Gasteiger partial charge in [0.2, 0.25) is 5.89 Å². The van der Waals surface area contributed by atoms with Crippen LogP contribution in [-0.4, -0.2) is 89.5 Å². The number of anilines is 1. The quantitative estimate of drug-likeness (QED) is 0.309. The Morgan fingerprint density at radius 1 is 1.07 bits per heavy atom. The Bertz CT molecular complexity index is 1080. The number of nitrogens with one attached hydrogen (secondary N) is 1. The van der Waals surface area contributed by atoms with Gasteiger partial charge in [-0.05, 0) is 41.6 Å². The van der Waals surface area contributed by atoms with Gasteiger partial charge in [0.15, 0.2) is 5.78 Å². The van der Waals surface area contributed by atoms with Crippen LogP contribution >= 0.6 is 0 Å². The van der Waals surface area contributed by atoms with Crippen molar-refractivity contribution in [1.29, 1.82) is 0 Å². The van der Waals surface area contributed by atoms with E-state index in [0.29, 0.717) is 58.1 Å². The van der Waals surface area contributed by atoms with Crippen molar-refractivity contribution in [1.82, 2.24) is 19.9 Å². The van der Waals surface area contributed by atoms with E-state index in [1.165, 1.54) is 12.1 Å². The molecule has 0 radical (unpaired) electrons. The molecule has 1 aromatic carbocycles. The molecule has 0 spiro atoms. The van der Waals surface area contributed by atoms with E-state index in [4.69, 9.17) is 14.4 Å². The zero-order valence-electron chi connectivity index (χ0n) is 23.7. The standard InChI is InChI=1S/C29H42F3N5O4/c1-2-3-4-5-6-7-25(39)27(36-13-16-40-17-14-36)37-19-22(21-8-10-24(11-9-21)29(30,31)32)18-23(20-37)26-34-28(35-41-26)33-12-15-38/h8-11,22-23,27,38H,2-7,12-20H2,1H3,(H,33,35). The number of rotatable bonds is 14. The predicted molar refractivity (Wildman–Crippen MR) is 148 cm³/mol. The average Bonchev–Trinajstić information content (AvgIpc) is 3.45. The number of benzene rings is 1. The first-order valence-electron chi connectivity index (χ1n) is 14.7. The highest BCUT2D eigenvalue weighted by molar-refractivity contribution is 5.83.